The Morgan fingerprint density at radius 2 is 2.33 bits per heavy atom. The Hall–Kier alpha value is -1.28. The molecular formula is C13H17NO. The van der Waals surface area contributed by atoms with Crippen LogP contribution in [0.25, 0.3) is 6.08 Å². The molecule has 1 unspecified atom stereocenters. The summed E-state index contributed by atoms with van der Waals surface area (Å²) >= 11 is 0. The van der Waals surface area contributed by atoms with Gasteiger partial charge in [0, 0.05) is 11.6 Å². The van der Waals surface area contributed by atoms with Crippen LogP contribution in [0.4, 0.5) is 0 Å². The third kappa shape index (κ3) is 2.21. The molecule has 1 atom stereocenters. The highest BCUT2D eigenvalue weighted by Gasteiger charge is 2.11. The second-order valence-electron chi connectivity index (χ2n) is 3.94. The van der Waals surface area contributed by atoms with Crippen molar-refractivity contribution >= 4 is 6.08 Å². The molecule has 1 heterocycles. The summed E-state index contributed by atoms with van der Waals surface area (Å²) in [7, 11) is 1.99. The topological polar surface area (TPSA) is 21.3 Å². The largest absolute Gasteiger partial charge is 0.489 e. The van der Waals surface area contributed by atoms with Gasteiger partial charge < -0.3 is 10.1 Å². The Morgan fingerprint density at radius 3 is 3.13 bits per heavy atom. The molecule has 1 aromatic carbocycles. The minimum absolute atomic E-state index is 0.492. The highest BCUT2D eigenvalue weighted by Crippen LogP contribution is 2.27. The Morgan fingerprint density at radius 1 is 1.47 bits per heavy atom. The van der Waals surface area contributed by atoms with E-state index in [1.807, 2.05) is 13.1 Å². The van der Waals surface area contributed by atoms with Crippen molar-refractivity contribution in [2.45, 2.75) is 19.4 Å². The molecule has 0 aromatic heterocycles. The lowest BCUT2D eigenvalue weighted by Crippen LogP contribution is -2.24. The summed E-state index contributed by atoms with van der Waals surface area (Å²) in [5, 5.41) is 3.26. The normalized spacial score (nSPS) is 15.6. The fourth-order valence-corrected chi connectivity index (χ4v) is 1.82. The first-order valence-corrected chi connectivity index (χ1v) is 5.39. The maximum atomic E-state index is 5.57. The van der Waals surface area contributed by atoms with E-state index in [9.17, 15) is 0 Å². The standard InChI is InChI=1S/C13H17NO/c1-10(14-2)9-11-5-3-7-13-12(11)6-4-8-15-13/h3-7,10,14H,8-9H2,1-2H3. The molecule has 15 heavy (non-hydrogen) atoms. The second-order valence-corrected chi connectivity index (χ2v) is 3.94. The van der Waals surface area contributed by atoms with Gasteiger partial charge >= 0.3 is 0 Å². The van der Waals surface area contributed by atoms with Crippen LogP contribution < -0.4 is 10.1 Å². The molecule has 0 aliphatic carbocycles. The first-order valence-electron chi connectivity index (χ1n) is 5.39. The third-order valence-corrected chi connectivity index (χ3v) is 2.79. The van der Waals surface area contributed by atoms with E-state index in [4.69, 9.17) is 4.74 Å². The monoisotopic (exact) mass is 203 g/mol. The molecule has 0 saturated heterocycles. The van der Waals surface area contributed by atoms with Crippen LogP contribution in [0, 0.1) is 0 Å². The molecule has 0 bridgehead atoms. The van der Waals surface area contributed by atoms with Crippen LogP contribution in [0.5, 0.6) is 5.75 Å². The molecule has 1 aliphatic rings. The van der Waals surface area contributed by atoms with Gasteiger partial charge in [0.25, 0.3) is 0 Å². The second kappa shape index (κ2) is 4.49. The molecule has 2 heteroatoms. The van der Waals surface area contributed by atoms with Gasteiger partial charge in [0.15, 0.2) is 0 Å². The Labute approximate surface area is 91.0 Å². The smallest absolute Gasteiger partial charge is 0.127 e. The number of likely N-dealkylation sites (N-methyl/N-ethyl adjacent to an activating group) is 1. The number of hydrogen-bond acceptors (Lipinski definition) is 2. The average Bonchev–Trinajstić information content (AvgIpc) is 2.29. The molecule has 0 fully saturated rings. The van der Waals surface area contributed by atoms with E-state index in [-0.39, 0.29) is 0 Å². The summed E-state index contributed by atoms with van der Waals surface area (Å²) in [6, 6.07) is 6.76. The van der Waals surface area contributed by atoms with Crippen molar-refractivity contribution in [3.63, 3.8) is 0 Å². The fourth-order valence-electron chi connectivity index (χ4n) is 1.82. The zero-order valence-electron chi connectivity index (χ0n) is 9.29. The van der Waals surface area contributed by atoms with Crippen molar-refractivity contribution in [2.24, 2.45) is 0 Å². The summed E-state index contributed by atoms with van der Waals surface area (Å²) in [4.78, 5) is 0. The molecule has 1 aromatic rings. The summed E-state index contributed by atoms with van der Waals surface area (Å²) in [6.07, 6.45) is 5.26. The lowest BCUT2D eigenvalue weighted by atomic mass is 9.99. The number of hydrogen-bond donors (Lipinski definition) is 1. The van der Waals surface area contributed by atoms with Gasteiger partial charge in [-0.2, -0.15) is 0 Å². The maximum absolute atomic E-state index is 5.57. The predicted molar refractivity (Wildman–Crippen MR) is 63.2 cm³/mol. The van der Waals surface area contributed by atoms with Crippen molar-refractivity contribution in [1.82, 2.24) is 5.32 Å². The summed E-state index contributed by atoms with van der Waals surface area (Å²) < 4.78 is 5.57. The van der Waals surface area contributed by atoms with Crippen LogP contribution in [0.15, 0.2) is 24.3 Å². The van der Waals surface area contributed by atoms with Gasteiger partial charge in [0.05, 0.1) is 0 Å². The van der Waals surface area contributed by atoms with Crippen LogP contribution in [-0.2, 0) is 6.42 Å². The number of benzene rings is 1. The minimum atomic E-state index is 0.492. The van der Waals surface area contributed by atoms with Gasteiger partial charge in [-0.25, -0.2) is 0 Å². The van der Waals surface area contributed by atoms with E-state index in [2.05, 4.69) is 36.5 Å². The zero-order valence-corrected chi connectivity index (χ0v) is 9.29. The molecule has 0 amide bonds. The van der Waals surface area contributed by atoms with Crippen molar-refractivity contribution in [1.29, 1.82) is 0 Å². The van der Waals surface area contributed by atoms with Crippen LogP contribution >= 0.6 is 0 Å². The maximum Gasteiger partial charge on any atom is 0.127 e. The molecular weight excluding hydrogens is 186 g/mol. The van der Waals surface area contributed by atoms with Gasteiger partial charge in [-0.3, -0.25) is 0 Å². The zero-order chi connectivity index (χ0) is 10.7. The Bertz CT molecular complexity index is 371. The quantitative estimate of drug-likeness (QED) is 0.813. The number of nitrogens with one attached hydrogen (secondary N) is 1. The van der Waals surface area contributed by atoms with Gasteiger partial charge in [0.1, 0.15) is 12.4 Å². The van der Waals surface area contributed by atoms with Crippen molar-refractivity contribution in [2.75, 3.05) is 13.7 Å². The first-order chi connectivity index (χ1) is 7.31. The van der Waals surface area contributed by atoms with Crippen molar-refractivity contribution in [3.8, 4) is 5.75 Å². The minimum Gasteiger partial charge on any atom is -0.489 e. The van der Waals surface area contributed by atoms with Crippen molar-refractivity contribution < 1.29 is 4.74 Å². The van der Waals surface area contributed by atoms with E-state index < -0.39 is 0 Å². The van der Waals surface area contributed by atoms with Gasteiger partial charge in [-0.15, -0.1) is 0 Å². The summed E-state index contributed by atoms with van der Waals surface area (Å²) in [6.45, 7) is 2.88. The molecule has 1 aliphatic heterocycles. The van der Waals surface area contributed by atoms with Crippen LogP contribution in [-0.4, -0.2) is 19.7 Å². The molecule has 0 saturated carbocycles. The van der Waals surface area contributed by atoms with E-state index in [0.29, 0.717) is 12.6 Å². The van der Waals surface area contributed by atoms with E-state index in [1.54, 1.807) is 0 Å². The fraction of sp³-hybridized carbons (Fsp3) is 0.385. The highest BCUT2D eigenvalue weighted by atomic mass is 16.5. The average molecular weight is 203 g/mol. The number of rotatable bonds is 3. The van der Waals surface area contributed by atoms with E-state index in [0.717, 1.165) is 12.2 Å². The summed E-state index contributed by atoms with van der Waals surface area (Å²) in [5.74, 6) is 1.01. The summed E-state index contributed by atoms with van der Waals surface area (Å²) in [5.41, 5.74) is 2.59. The Balaban J connectivity index is 2.28. The van der Waals surface area contributed by atoms with Gasteiger partial charge in [-0.05, 0) is 38.1 Å². The molecule has 2 nitrogen and oxygen atoms in total. The van der Waals surface area contributed by atoms with Crippen LogP contribution in [0.2, 0.25) is 0 Å². The SMILES string of the molecule is CNC(C)Cc1cccc2c1C=CCO2. The van der Waals surface area contributed by atoms with Crippen LogP contribution in [0.1, 0.15) is 18.1 Å². The number of ether oxygens (including phenoxy) is 1. The molecule has 1 N–H and O–H groups in total. The highest BCUT2D eigenvalue weighted by molar-refractivity contribution is 5.63. The lowest BCUT2D eigenvalue weighted by Gasteiger charge is -2.18. The van der Waals surface area contributed by atoms with Crippen molar-refractivity contribution in [3.05, 3.63) is 35.4 Å². The Kier molecular flexibility index (Phi) is 3.07. The number of fused-ring (bicyclic) bond motifs is 1. The molecule has 0 spiro atoms. The lowest BCUT2D eigenvalue weighted by molar-refractivity contribution is 0.358. The molecule has 2 rings (SSSR count). The van der Waals surface area contributed by atoms with Gasteiger partial charge in [-0.1, -0.05) is 18.2 Å². The first kappa shape index (κ1) is 10.2. The van der Waals surface area contributed by atoms with Crippen LogP contribution in [0.3, 0.4) is 0 Å². The molecule has 80 valence electrons. The van der Waals surface area contributed by atoms with E-state index >= 15 is 0 Å². The third-order valence-electron chi connectivity index (χ3n) is 2.79. The molecule has 0 radical (unpaired) electrons. The van der Waals surface area contributed by atoms with E-state index in [1.165, 1.54) is 11.1 Å². The predicted octanol–water partition coefficient (Wildman–Crippen LogP) is 2.24. The van der Waals surface area contributed by atoms with Gasteiger partial charge in [0.2, 0.25) is 0 Å².